The molecule has 1 aliphatic rings. The standard InChI is InChI=1S/C23H38O3Si/c1-9-10-20-17-21(25-23(5,6)24-20)16-13-18-11-14-19(15-12-18)26-27(7,8)22(2,3)4/h9,11-12,14-15,20-21H,1,10,13,16-17H2,2-8H3/t20-,21+/m1/s1. The first-order chi connectivity index (χ1) is 12.4. The maximum atomic E-state index is 6.37. The van der Waals surface area contributed by atoms with E-state index >= 15 is 0 Å². The third-order valence-electron chi connectivity index (χ3n) is 5.71. The summed E-state index contributed by atoms with van der Waals surface area (Å²) < 4.78 is 18.5. The molecule has 1 fully saturated rings. The summed E-state index contributed by atoms with van der Waals surface area (Å²) >= 11 is 0. The molecule has 0 bridgehead atoms. The number of hydrogen-bond acceptors (Lipinski definition) is 3. The van der Waals surface area contributed by atoms with Crippen molar-refractivity contribution >= 4 is 8.32 Å². The number of aryl methyl sites for hydroxylation is 1. The minimum Gasteiger partial charge on any atom is -0.544 e. The lowest BCUT2D eigenvalue weighted by Gasteiger charge is -2.40. The molecule has 1 heterocycles. The molecular weight excluding hydrogens is 352 g/mol. The minimum atomic E-state index is -1.78. The first kappa shape index (κ1) is 22.2. The van der Waals surface area contributed by atoms with E-state index in [0.29, 0.717) is 0 Å². The second kappa shape index (κ2) is 8.50. The van der Waals surface area contributed by atoms with Gasteiger partial charge in [0.2, 0.25) is 8.32 Å². The van der Waals surface area contributed by atoms with E-state index in [1.807, 2.05) is 19.9 Å². The van der Waals surface area contributed by atoms with Gasteiger partial charge in [0.1, 0.15) is 5.75 Å². The van der Waals surface area contributed by atoms with E-state index in [1.165, 1.54) is 5.56 Å². The van der Waals surface area contributed by atoms with Crippen LogP contribution in [0.25, 0.3) is 0 Å². The van der Waals surface area contributed by atoms with Gasteiger partial charge in [-0.25, -0.2) is 0 Å². The maximum absolute atomic E-state index is 6.37. The molecule has 27 heavy (non-hydrogen) atoms. The zero-order valence-corrected chi connectivity index (χ0v) is 19.3. The van der Waals surface area contributed by atoms with Gasteiger partial charge >= 0.3 is 0 Å². The molecule has 2 rings (SSSR count). The molecule has 0 radical (unpaired) electrons. The van der Waals surface area contributed by atoms with Crippen molar-refractivity contribution in [2.24, 2.45) is 0 Å². The SMILES string of the molecule is C=CC[C@@H]1C[C@H](CCc2ccc(O[Si](C)(C)C(C)(C)C)cc2)OC(C)(C)O1. The molecule has 0 aliphatic carbocycles. The summed E-state index contributed by atoms with van der Waals surface area (Å²) in [6, 6.07) is 8.61. The highest BCUT2D eigenvalue weighted by atomic mass is 28.4. The Morgan fingerprint density at radius 2 is 1.74 bits per heavy atom. The fraction of sp³-hybridized carbons (Fsp3) is 0.652. The van der Waals surface area contributed by atoms with E-state index in [-0.39, 0.29) is 17.2 Å². The molecular formula is C23H38O3Si. The zero-order chi connectivity index (χ0) is 20.3. The Balaban J connectivity index is 1.92. The Hall–Kier alpha value is -1.10. The van der Waals surface area contributed by atoms with Gasteiger partial charge in [0.05, 0.1) is 12.2 Å². The van der Waals surface area contributed by atoms with Crippen LogP contribution in [0, 0.1) is 0 Å². The van der Waals surface area contributed by atoms with Crippen LogP contribution >= 0.6 is 0 Å². The average molecular weight is 391 g/mol. The molecule has 4 heteroatoms. The highest BCUT2D eigenvalue weighted by Gasteiger charge is 2.39. The van der Waals surface area contributed by atoms with Crippen molar-refractivity contribution in [1.82, 2.24) is 0 Å². The largest absolute Gasteiger partial charge is 0.544 e. The summed E-state index contributed by atoms with van der Waals surface area (Å²) in [5.74, 6) is 0.470. The van der Waals surface area contributed by atoms with Gasteiger partial charge in [0.15, 0.2) is 5.79 Å². The average Bonchev–Trinajstić information content (AvgIpc) is 2.51. The van der Waals surface area contributed by atoms with Crippen LogP contribution in [-0.2, 0) is 15.9 Å². The van der Waals surface area contributed by atoms with Crippen LogP contribution in [0.2, 0.25) is 18.1 Å². The Bertz CT molecular complexity index is 614. The number of benzene rings is 1. The van der Waals surface area contributed by atoms with Crippen molar-refractivity contribution in [2.75, 3.05) is 0 Å². The van der Waals surface area contributed by atoms with E-state index in [2.05, 4.69) is 64.7 Å². The quantitative estimate of drug-likeness (QED) is 0.393. The number of hydrogen-bond donors (Lipinski definition) is 0. The first-order valence-corrected chi connectivity index (χ1v) is 13.1. The van der Waals surface area contributed by atoms with Crippen LogP contribution in [0.4, 0.5) is 0 Å². The molecule has 1 aromatic carbocycles. The van der Waals surface area contributed by atoms with Crippen LogP contribution < -0.4 is 4.43 Å². The second-order valence-corrected chi connectivity index (χ2v) is 14.4. The first-order valence-electron chi connectivity index (χ1n) is 10.2. The van der Waals surface area contributed by atoms with E-state index in [4.69, 9.17) is 13.9 Å². The van der Waals surface area contributed by atoms with Crippen LogP contribution in [0.15, 0.2) is 36.9 Å². The molecule has 3 nitrogen and oxygen atoms in total. The Morgan fingerprint density at radius 3 is 2.30 bits per heavy atom. The lowest BCUT2D eigenvalue weighted by molar-refractivity contribution is -0.299. The Labute approximate surface area is 167 Å². The van der Waals surface area contributed by atoms with Gasteiger partial charge in [-0.3, -0.25) is 0 Å². The van der Waals surface area contributed by atoms with Crippen LogP contribution in [-0.4, -0.2) is 26.3 Å². The van der Waals surface area contributed by atoms with Gasteiger partial charge in [-0.2, -0.15) is 0 Å². The van der Waals surface area contributed by atoms with Crippen molar-refractivity contribution in [2.45, 2.75) is 96.4 Å². The van der Waals surface area contributed by atoms with Gasteiger partial charge < -0.3 is 13.9 Å². The van der Waals surface area contributed by atoms with Gasteiger partial charge in [-0.15, -0.1) is 6.58 Å². The van der Waals surface area contributed by atoms with E-state index in [1.54, 1.807) is 0 Å². The lowest BCUT2D eigenvalue weighted by atomic mass is 9.99. The third kappa shape index (κ3) is 6.48. The molecule has 0 unspecified atom stereocenters. The topological polar surface area (TPSA) is 27.7 Å². The van der Waals surface area contributed by atoms with Crippen molar-refractivity contribution in [3.63, 3.8) is 0 Å². The van der Waals surface area contributed by atoms with Gasteiger partial charge in [0, 0.05) is 6.42 Å². The second-order valence-electron chi connectivity index (χ2n) is 9.68. The summed E-state index contributed by atoms with van der Waals surface area (Å²) in [4.78, 5) is 0. The van der Waals surface area contributed by atoms with Crippen molar-refractivity contribution < 1.29 is 13.9 Å². The fourth-order valence-electron chi connectivity index (χ4n) is 3.23. The van der Waals surface area contributed by atoms with Crippen molar-refractivity contribution in [1.29, 1.82) is 0 Å². The predicted octanol–water partition coefficient (Wildman–Crippen LogP) is 6.49. The molecule has 152 valence electrons. The monoisotopic (exact) mass is 390 g/mol. The van der Waals surface area contributed by atoms with Gasteiger partial charge in [-0.05, 0) is 68.9 Å². The molecule has 2 atom stereocenters. The molecule has 0 spiro atoms. The van der Waals surface area contributed by atoms with Crippen molar-refractivity contribution in [3.8, 4) is 5.75 Å². The molecule has 0 N–H and O–H groups in total. The normalized spacial score (nSPS) is 23.1. The highest BCUT2D eigenvalue weighted by Crippen LogP contribution is 2.37. The molecule has 0 saturated carbocycles. The summed E-state index contributed by atoms with van der Waals surface area (Å²) in [5, 5.41) is 0.209. The van der Waals surface area contributed by atoms with Crippen LogP contribution in [0.3, 0.4) is 0 Å². The molecule has 0 amide bonds. The van der Waals surface area contributed by atoms with Crippen molar-refractivity contribution in [3.05, 3.63) is 42.5 Å². The van der Waals surface area contributed by atoms with E-state index < -0.39 is 14.1 Å². The third-order valence-corrected chi connectivity index (χ3v) is 10.1. The van der Waals surface area contributed by atoms with E-state index in [9.17, 15) is 0 Å². The Morgan fingerprint density at radius 1 is 1.15 bits per heavy atom. The number of ether oxygens (including phenoxy) is 2. The predicted molar refractivity (Wildman–Crippen MR) is 116 cm³/mol. The molecule has 1 aliphatic heterocycles. The zero-order valence-electron chi connectivity index (χ0n) is 18.3. The summed E-state index contributed by atoms with van der Waals surface area (Å²) in [5.41, 5.74) is 1.32. The minimum absolute atomic E-state index is 0.205. The lowest BCUT2D eigenvalue weighted by Crippen LogP contribution is -2.44. The van der Waals surface area contributed by atoms with Gasteiger partial charge in [0.25, 0.3) is 0 Å². The van der Waals surface area contributed by atoms with Crippen LogP contribution in [0.1, 0.15) is 59.4 Å². The Kier molecular flexibility index (Phi) is 6.99. The molecule has 1 aromatic rings. The van der Waals surface area contributed by atoms with Crippen LogP contribution in [0.5, 0.6) is 5.75 Å². The molecule has 0 aromatic heterocycles. The summed E-state index contributed by atoms with van der Waals surface area (Å²) in [6.07, 6.45) is 6.18. The highest BCUT2D eigenvalue weighted by molar-refractivity contribution is 6.74. The summed E-state index contributed by atoms with van der Waals surface area (Å²) in [7, 11) is -1.78. The fourth-order valence-corrected chi connectivity index (χ4v) is 4.26. The maximum Gasteiger partial charge on any atom is 0.250 e. The molecule has 1 saturated heterocycles. The summed E-state index contributed by atoms with van der Waals surface area (Å²) in [6.45, 7) is 19.2. The van der Waals surface area contributed by atoms with E-state index in [0.717, 1.165) is 31.4 Å². The smallest absolute Gasteiger partial charge is 0.250 e. The van der Waals surface area contributed by atoms with Gasteiger partial charge in [-0.1, -0.05) is 39.0 Å². The number of rotatable bonds is 7.